The highest BCUT2D eigenvalue weighted by Gasteiger charge is 2.38. The number of piperidine rings is 3. The van der Waals surface area contributed by atoms with E-state index in [0.29, 0.717) is 18.4 Å². The van der Waals surface area contributed by atoms with Crippen molar-refractivity contribution in [2.24, 2.45) is 17.8 Å². The van der Waals surface area contributed by atoms with Gasteiger partial charge in [-0.3, -0.25) is 9.80 Å². The molecular formula is C24H46FN3. The Labute approximate surface area is 174 Å². The molecule has 28 heavy (non-hydrogen) atoms. The molecule has 164 valence electrons. The minimum atomic E-state index is -0.616. The Balaban J connectivity index is 1.41. The summed E-state index contributed by atoms with van der Waals surface area (Å²) in [5, 5.41) is 0. The van der Waals surface area contributed by atoms with Crippen molar-refractivity contribution in [3.8, 4) is 0 Å². The molecule has 0 aliphatic carbocycles. The third kappa shape index (κ3) is 5.70. The molecule has 0 saturated carbocycles. The third-order valence-electron chi connectivity index (χ3n) is 7.85. The SMILES string of the molecule is CC(C)(C)N1CCC(CN2CCC(C3CCN(C(C)(C)C)CC3)C(F)C2)CC1. The van der Waals surface area contributed by atoms with Crippen molar-refractivity contribution >= 4 is 0 Å². The summed E-state index contributed by atoms with van der Waals surface area (Å²) in [5.74, 6) is 1.67. The zero-order chi connectivity index (χ0) is 20.5. The summed E-state index contributed by atoms with van der Waals surface area (Å²) in [6.45, 7) is 21.5. The van der Waals surface area contributed by atoms with Gasteiger partial charge >= 0.3 is 0 Å². The topological polar surface area (TPSA) is 9.72 Å². The van der Waals surface area contributed by atoms with Crippen LogP contribution in [0, 0.1) is 17.8 Å². The molecule has 0 N–H and O–H groups in total. The van der Waals surface area contributed by atoms with Crippen molar-refractivity contribution < 1.29 is 4.39 Å². The molecule has 0 aromatic heterocycles. The second-order valence-corrected chi connectivity index (χ2v) is 11.8. The Morgan fingerprint density at radius 2 is 1.21 bits per heavy atom. The zero-order valence-corrected chi connectivity index (χ0v) is 19.5. The van der Waals surface area contributed by atoms with Gasteiger partial charge in [-0.15, -0.1) is 0 Å². The minimum Gasteiger partial charge on any atom is -0.300 e. The van der Waals surface area contributed by atoms with Crippen molar-refractivity contribution in [3.05, 3.63) is 0 Å². The zero-order valence-electron chi connectivity index (χ0n) is 19.5. The molecule has 0 spiro atoms. The monoisotopic (exact) mass is 395 g/mol. The van der Waals surface area contributed by atoms with Crippen molar-refractivity contribution in [2.75, 3.05) is 45.8 Å². The van der Waals surface area contributed by atoms with Crippen molar-refractivity contribution in [1.82, 2.24) is 14.7 Å². The highest BCUT2D eigenvalue weighted by Crippen LogP contribution is 2.36. The van der Waals surface area contributed by atoms with Crippen LogP contribution in [0.2, 0.25) is 0 Å². The average molecular weight is 396 g/mol. The highest BCUT2D eigenvalue weighted by atomic mass is 19.1. The van der Waals surface area contributed by atoms with E-state index in [4.69, 9.17) is 0 Å². The van der Waals surface area contributed by atoms with Gasteiger partial charge in [0.25, 0.3) is 0 Å². The van der Waals surface area contributed by atoms with E-state index in [1.54, 1.807) is 0 Å². The van der Waals surface area contributed by atoms with Crippen LogP contribution in [0.5, 0.6) is 0 Å². The van der Waals surface area contributed by atoms with Gasteiger partial charge in [-0.2, -0.15) is 0 Å². The van der Waals surface area contributed by atoms with Gasteiger partial charge in [-0.25, -0.2) is 4.39 Å². The molecule has 0 aromatic rings. The molecule has 3 fully saturated rings. The lowest BCUT2D eigenvalue weighted by molar-refractivity contribution is 0.00302. The lowest BCUT2D eigenvalue weighted by Gasteiger charge is -2.46. The molecule has 0 bridgehead atoms. The quantitative estimate of drug-likeness (QED) is 0.688. The number of alkyl halides is 1. The van der Waals surface area contributed by atoms with Gasteiger partial charge < -0.3 is 4.90 Å². The van der Waals surface area contributed by atoms with Gasteiger partial charge in [0.15, 0.2) is 0 Å². The van der Waals surface area contributed by atoms with Crippen LogP contribution in [-0.4, -0.2) is 77.8 Å². The number of hydrogen-bond acceptors (Lipinski definition) is 3. The van der Waals surface area contributed by atoms with Crippen LogP contribution >= 0.6 is 0 Å². The van der Waals surface area contributed by atoms with Crippen LogP contribution < -0.4 is 0 Å². The Bertz CT molecular complexity index is 479. The number of rotatable bonds is 3. The second kappa shape index (κ2) is 8.89. The number of hydrogen-bond donors (Lipinski definition) is 0. The minimum absolute atomic E-state index is 0.256. The van der Waals surface area contributed by atoms with Gasteiger partial charge in [0.05, 0.1) is 0 Å². The highest BCUT2D eigenvalue weighted by molar-refractivity contribution is 4.91. The van der Waals surface area contributed by atoms with Gasteiger partial charge in [-0.1, -0.05) is 0 Å². The maximum absolute atomic E-state index is 15.1. The molecule has 2 unspecified atom stereocenters. The molecular weight excluding hydrogens is 349 g/mol. The smallest absolute Gasteiger partial charge is 0.116 e. The van der Waals surface area contributed by atoms with E-state index in [-0.39, 0.29) is 11.1 Å². The molecule has 3 aliphatic rings. The van der Waals surface area contributed by atoms with Crippen molar-refractivity contribution in [2.45, 2.75) is 90.9 Å². The molecule has 0 radical (unpaired) electrons. The number of nitrogens with zero attached hydrogens (tertiary/aromatic N) is 3. The summed E-state index contributed by atoms with van der Waals surface area (Å²) in [6, 6.07) is 0. The summed E-state index contributed by atoms with van der Waals surface area (Å²) in [4.78, 5) is 7.64. The first-order valence-corrected chi connectivity index (χ1v) is 11.9. The van der Waals surface area contributed by atoms with Crippen LogP contribution in [0.15, 0.2) is 0 Å². The third-order valence-corrected chi connectivity index (χ3v) is 7.85. The summed E-state index contributed by atoms with van der Waals surface area (Å²) in [5.41, 5.74) is 0.544. The normalized spacial score (nSPS) is 31.4. The Morgan fingerprint density at radius 1 is 0.714 bits per heavy atom. The molecule has 2 atom stereocenters. The van der Waals surface area contributed by atoms with Crippen molar-refractivity contribution in [1.29, 1.82) is 0 Å². The first-order valence-electron chi connectivity index (χ1n) is 11.9. The van der Waals surface area contributed by atoms with Gasteiger partial charge in [0.2, 0.25) is 0 Å². The molecule has 0 amide bonds. The van der Waals surface area contributed by atoms with E-state index in [0.717, 1.165) is 38.5 Å². The van der Waals surface area contributed by atoms with E-state index in [1.807, 2.05) is 0 Å². The maximum atomic E-state index is 15.1. The van der Waals surface area contributed by atoms with E-state index in [9.17, 15) is 0 Å². The molecule has 0 aromatic carbocycles. The molecule has 3 heterocycles. The number of halogens is 1. The fourth-order valence-corrected chi connectivity index (χ4v) is 5.83. The average Bonchev–Trinajstić information content (AvgIpc) is 2.61. The standard InChI is InChI=1S/C24H46FN3/c1-23(2,3)27-13-7-19(8-14-27)17-26-12-11-21(22(25)18-26)20-9-15-28(16-10-20)24(4,5)6/h19-22H,7-18H2,1-6H3. The summed E-state index contributed by atoms with van der Waals surface area (Å²) < 4.78 is 15.1. The van der Waals surface area contributed by atoms with Crippen LogP contribution in [0.4, 0.5) is 4.39 Å². The Kier molecular flexibility index (Phi) is 7.15. The summed E-state index contributed by atoms with van der Waals surface area (Å²) in [7, 11) is 0. The van der Waals surface area contributed by atoms with E-state index in [2.05, 4.69) is 56.2 Å². The second-order valence-electron chi connectivity index (χ2n) is 11.8. The molecule has 4 heteroatoms. The molecule has 3 rings (SSSR count). The van der Waals surface area contributed by atoms with E-state index < -0.39 is 6.17 Å². The van der Waals surface area contributed by atoms with E-state index in [1.165, 1.54) is 38.8 Å². The largest absolute Gasteiger partial charge is 0.300 e. The maximum Gasteiger partial charge on any atom is 0.116 e. The van der Waals surface area contributed by atoms with Gasteiger partial charge in [-0.05, 0) is 124 Å². The Morgan fingerprint density at radius 3 is 1.68 bits per heavy atom. The predicted octanol–water partition coefficient (Wildman–Crippen LogP) is 4.67. The lowest BCUT2D eigenvalue weighted by Crippen LogP contribution is -2.51. The van der Waals surface area contributed by atoms with Crippen LogP contribution in [0.1, 0.15) is 73.6 Å². The van der Waals surface area contributed by atoms with Crippen LogP contribution in [-0.2, 0) is 0 Å². The van der Waals surface area contributed by atoms with Gasteiger partial charge in [0, 0.05) is 24.2 Å². The molecule has 3 aliphatic heterocycles. The number of likely N-dealkylation sites (tertiary alicyclic amines) is 3. The summed E-state index contributed by atoms with van der Waals surface area (Å²) in [6.07, 6.45) is 5.39. The van der Waals surface area contributed by atoms with E-state index >= 15 is 4.39 Å². The fourth-order valence-electron chi connectivity index (χ4n) is 5.83. The first kappa shape index (κ1) is 22.5. The Hall–Kier alpha value is -0.190. The van der Waals surface area contributed by atoms with Gasteiger partial charge in [0.1, 0.15) is 6.17 Å². The van der Waals surface area contributed by atoms with Crippen LogP contribution in [0.25, 0.3) is 0 Å². The summed E-state index contributed by atoms with van der Waals surface area (Å²) >= 11 is 0. The van der Waals surface area contributed by atoms with Crippen LogP contribution in [0.3, 0.4) is 0 Å². The first-order chi connectivity index (χ1) is 13.0. The predicted molar refractivity (Wildman–Crippen MR) is 118 cm³/mol. The lowest BCUT2D eigenvalue weighted by atomic mass is 9.77. The fraction of sp³-hybridized carbons (Fsp3) is 1.00. The van der Waals surface area contributed by atoms with Crippen molar-refractivity contribution in [3.63, 3.8) is 0 Å². The molecule has 3 saturated heterocycles. The molecule has 3 nitrogen and oxygen atoms in total.